The van der Waals surface area contributed by atoms with Crippen molar-refractivity contribution < 1.29 is 14.2 Å². The van der Waals surface area contributed by atoms with Gasteiger partial charge in [-0.25, -0.2) is 0 Å². The molecular weight excluding hydrogens is 264 g/mol. The first-order chi connectivity index (χ1) is 10.2. The molecule has 0 amide bonds. The predicted octanol–water partition coefficient (Wildman–Crippen LogP) is 3.81. The van der Waals surface area contributed by atoms with E-state index in [0.29, 0.717) is 5.92 Å². The van der Waals surface area contributed by atoms with Gasteiger partial charge in [-0.2, -0.15) is 0 Å². The summed E-state index contributed by atoms with van der Waals surface area (Å²) in [6, 6.07) is 10.6. The molecule has 21 heavy (non-hydrogen) atoms. The monoisotopic (exact) mass is 292 g/mol. The van der Waals surface area contributed by atoms with Crippen molar-refractivity contribution in [1.29, 1.82) is 0 Å². The molecule has 3 nitrogen and oxygen atoms in total. The van der Waals surface area contributed by atoms with Crippen molar-refractivity contribution in [2.24, 2.45) is 5.92 Å². The van der Waals surface area contributed by atoms with Gasteiger partial charge in [0, 0.05) is 19.6 Å². The fourth-order valence-electron chi connectivity index (χ4n) is 3.07. The Morgan fingerprint density at radius 2 is 2.00 bits per heavy atom. The van der Waals surface area contributed by atoms with Crippen molar-refractivity contribution >= 4 is 0 Å². The molecule has 0 bridgehead atoms. The summed E-state index contributed by atoms with van der Waals surface area (Å²) in [7, 11) is 1.73. The maximum absolute atomic E-state index is 6.18. The first-order valence-electron chi connectivity index (χ1n) is 8.04. The molecule has 0 aliphatic carbocycles. The quantitative estimate of drug-likeness (QED) is 0.765. The molecular formula is C18H28O3. The van der Waals surface area contributed by atoms with Crippen LogP contribution in [-0.4, -0.2) is 32.2 Å². The standard InChI is InChI=1S/C18H28O3/c1-14(2)21-17(12-11-15-8-5-4-6-9-15)16-10-7-13-20-18(16)19-3/h4-6,8-9,14,16-18H,7,10-13H2,1-3H3. The van der Waals surface area contributed by atoms with E-state index in [4.69, 9.17) is 14.2 Å². The van der Waals surface area contributed by atoms with Gasteiger partial charge in [-0.05, 0) is 45.1 Å². The Morgan fingerprint density at radius 1 is 1.24 bits per heavy atom. The SMILES string of the molecule is COC1OCCCC1C(CCc1ccccc1)OC(C)C. The number of ether oxygens (including phenoxy) is 3. The summed E-state index contributed by atoms with van der Waals surface area (Å²) in [5, 5.41) is 0. The molecule has 3 unspecified atom stereocenters. The largest absolute Gasteiger partial charge is 0.375 e. The van der Waals surface area contributed by atoms with Crippen molar-refractivity contribution in [3.63, 3.8) is 0 Å². The van der Waals surface area contributed by atoms with Crippen molar-refractivity contribution in [1.82, 2.24) is 0 Å². The maximum Gasteiger partial charge on any atom is 0.162 e. The third-order valence-corrected chi connectivity index (χ3v) is 4.03. The van der Waals surface area contributed by atoms with Crippen LogP contribution >= 0.6 is 0 Å². The summed E-state index contributed by atoms with van der Waals surface area (Å²) < 4.78 is 17.5. The molecule has 1 aliphatic rings. The predicted molar refractivity (Wildman–Crippen MR) is 84.2 cm³/mol. The van der Waals surface area contributed by atoms with Crippen molar-refractivity contribution in [3.05, 3.63) is 35.9 Å². The van der Waals surface area contributed by atoms with E-state index < -0.39 is 0 Å². The van der Waals surface area contributed by atoms with Gasteiger partial charge >= 0.3 is 0 Å². The molecule has 1 aromatic carbocycles. The van der Waals surface area contributed by atoms with Crippen molar-refractivity contribution in [2.75, 3.05) is 13.7 Å². The second kappa shape index (κ2) is 8.52. The first kappa shape index (κ1) is 16.5. The van der Waals surface area contributed by atoms with Gasteiger partial charge in [-0.1, -0.05) is 30.3 Å². The third-order valence-electron chi connectivity index (χ3n) is 4.03. The minimum atomic E-state index is -0.127. The van der Waals surface area contributed by atoms with Crippen LogP contribution in [0.1, 0.15) is 38.7 Å². The molecule has 1 fully saturated rings. The number of methoxy groups -OCH3 is 1. The zero-order chi connectivity index (χ0) is 15.1. The smallest absolute Gasteiger partial charge is 0.162 e. The van der Waals surface area contributed by atoms with Crippen LogP contribution < -0.4 is 0 Å². The van der Waals surface area contributed by atoms with Crippen LogP contribution in [0.5, 0.6) is 0 Å². The lowest BCUT2D eigenvalue weighted by Gasteiger charge is -2.36. The summed E-state index contributed by atoms with van der Waals surface area (Å²) in [6.07, 6.45) is 4.54. The lowest BCUT2D eigenvalue weighted by molar-refractivity contribution is -0.210. The molecule has 0 saturated carbocycles. The van der Waals surface area contributed by atoms with Crippen LogP contribution in [0.15, 0.2) is 30.3 Å². The molecule has 0 aromatic heterocycles. The van der Waals surface area contributed by atoms with Gasteiger partial charge in [-0.3, -0.25) is 0 Å². The molecule has 1 heterocycles. The van der Waals surface area contributed by atoms with Gasteiger partial charge in [0.2, 0.25) is 0 Å². The fourth-order valence-corrected chi connectivity index (χ4v) is 3.07. The first-order valence-corrected chi connectivity index (χ1v) is 8.04. The lowest BCUT2D eigenvalue weighted by atomic mass is 9.90. The van der Waals surface area contributed by atoms with E-state index in [1.807, 2.05) is 0 Å². The second-order valence-corrected chi connectivity index (χ2v) is 6.03. The highest BCUT2D eigenvalue weighted by atomic mass is 16.7. The second-order valence-electron chi connectivity index (χ2n) is 6.03. The maximum atomic E-state index is 6.18. The summed E-state index contributed by atoms with van der Waals surface area (Å²) in [5.41, 5.74) is 1.36. The van der Waals surface area contributed by atoms with Gasteiger partial charge in [0.1, 0.15) is 0 Å². The Hall–Kier alpha value is -0.900. The van der Waals surface area contributed by atoms with E-state index in [2.05, 4.69) is 44.2 Å². The van der Waals surface area contributed by atoms with Gasteiger partial charge < -0.3 is 14.2 Å². The van der Waals surface area contributed by atoms with Crippen LogP contribution in [0, 0.1) is 5.92 Å². The van der Waals surface area contributed by atoms with Crippen LogP contribution in [0.3, 0.4) is 0 Å². The highest BCUT2D eigenvalue weighted by molar-refractivity contribution is 5.14. The Kier molecular flexibility index (Phi) is 6.68. The number of benzene rings is 1. The summed E-state index contributed by atoms with van der Waals surface area (Å²) >= 11 is 0. The average Bonchev–Trinajstić information content (AvgIpc) is 2.52. The summed E-state index contributed by atoms with van der Waals surface area (Å²) in [6.45, 7) is 4.99. The summed E-state index contributed by atoms with van der Waals surface area (Å²) in [4.78, 5) is 0. The zero-order valence-corrected chi connectivity index (χ0v) is 13.5. The Morgan fingerprint density at radius 3 is 2.67 bits per heavy atom. The van der Waals surface area contributed by atoms with E-state index in [0.717, 1.165) is 32.3 Å². The number of hydrogen-bond acceptors (Lipinski definition) is 3. The zero-order valence-electron chi connectivity index (χ0n) is 13.5. The minimum absolute atomic E-state index is 0.127. The number of hydrogen-bond donors (Lipinski definition) is 0. The Bertz CT molecular complexity index is 391. The molecule has 3 heteroatoms. The molecule has 1 aromatic rings. The molecule has 1 aliphatic heterocycles. The third kappa shape index (κ3) is 5.10. The fraction of sp³-hybridized carbons (Fsp3) is 0.667. The van der Waals surface area contributed by atoms with E-state index in [1.54, 1.807) is 7.11 Å². The van der Waals surface area contributed by atoms with Crippen LogP contribution in [-0.2, 0) is 20.6 Å². The summed E-state index contributed by atoms with van der Waals surface area (Å²) in [5.74, 6) is 0.329. The Labute approximate surface area is 128 Å². The van der Waals surface area contributed by atoms with Crippen LogP contribution in [0.4, 0.5) is 0 Å². The normalized spacial score (nSPS) is 24.2. The van der Waals surface area contributed by atoms with Crippen molar-refractivity contribution in [2.45, 2.75) is 58.0 Å². The van der Waals surface area contributed by atoms with Crippen LogP contribution in [0.25, 0.3) is 0 Å². The lowest BCUT2D eigenvalue weighted by Crippen LogP contribution is -2.41. The van der Waals surface area contributed by atoms with Crippen molar-refractivity contribution in [3.8, 4) is 0 Å². The topological polar surface area (TPSA) is 27.7 Å². The van der Waals surface area contributed by atoms with Gasteiger partial charge in [-0.15, -0.1) is 0 Å². The number of aryl methyl sites for hydroxylation is 1. The highest BCUT2D eigenvalue weighted by Crippen LogP contribution is 2.29. The van der Waals surface area contributed by atoms with Gasteiger partial charge in [0.15, 0.2) is 6.29 Å². The molecule has 1 saturated heterocycles. The molecule has 0 N–H and O–H groups in total. The molecule has 3 atom stereocenters. The Balaban J connectivity index is 1.99. The van der Waals surface area contributed by atoms with E-state index in [9.17, 15) is 0 Å². The molecule has 2 rings (SSSR count). The molecule has 0 spiro atoms. The minimum Gasteiger partial charge on any atom is -0.375 e. The van der Waals surface area contributed by atoms with Gasteiger partial charge in [0.05, 0.1) is 12.2 Å². The number of rotatable bonds is 7. The van der Waals surface area contributed by atoms with E-state index >= 15 is 0 Å². The van der Waals surface area contributed by atoms with E-state index in [1.165, 1.54) is 5.56 Å². The van der Waals surface area contributed by atoms with Gasteiger partial charge in [0.25, 0.3) is 0 Å². The van der Waals surface area contributed by atoms with E-state index in [-0.39, 0.29) is 18.5 Å². The molecule has 0 radical (unpaired) electrons. The highest BCUT2D eigenvalue weighted by Gasteiger charge is 2.33. The average molecular weight is 292 g/mol. The van der Waals surface area contributed by atoms with Crippen LogP contribution in [0.2, 0.25) is 0 Å². The molecule has 118 valence electrons.